The number of imidazole rings is 1. The summed E-state index contributed by atoms with van der Waals surface area (Å²) in [6.45, 7) is 1.48. The molecule has 1 fully saturated rings. The number of nitrogens with zero attached hydrogens (tertiary/aromatic N) is 3. The van der Waals surface area contributed by atoms with Gasteiger partial charge in [0.15, 0.2) is 18.4 Å². The predicted octanol–water partition coefficient (Wildman–Crippen LogP) is -2.88. The van der Waals surface area contributed by atoms with E-state index in [1.54, 1.807) is 0 Å². The third kappa shape index (κ3) is 3.27. The van der Waals surface area contributed by atoms with Crippen LogP contribution < -0.4 is 16.4 Å². The van der Waals surface area contributed by atoms with Crippen molar-refractivity contribution in [1.82, 2.24) is 14.9 Å². The smallest absolute Gasteiger partial charge is 0.370 e. The average molecular weight is 367 g/mol. The van der Waals surface area contributed by atoms with E-state index in [1.807, 2.05) is 6.92 Å². The predicted molar refractivity (Wildman–Crippen MR) is 88.5 cm³/mol. The van der Waals surface area contributed by atoms with Crippen molar-refractivity contribution in [2.24, 2.45) is 10.7 Å². The molecule has 0 aliphatic carbocycles. The highest BCUT2D eigenvalue weighted by molar-refractivity contribution is 5.94. The van der Waals surface area contributed by atoms with Gasteiger partial charge in [-0.05, 0) is 6.42 Å². The molecule has 11 nitrogen and oxygen atoms in total. The zero-order chi connectivity index (χ0) is 18.8. The third-order valence-corrected chi connectivity index (χ3v) is 4.49. The van der Waals surface area contributed by atoms with Gasteiger partial charge in [0.2, 0.25) is 11.6 Å². The Morgan fingerprint density at radius 1 is 1.58 bits per heavy atom. The van der Waals surface area contributed by atoms with E-state index in [4.69, 9.17) is 10.5 Å². The number of aliphatic imine (C=N–C) groups is 1. The molecule has 0 radical (unpaired) electrons. The Bertz CT molecular complexity index is 719. The number of fused-ring (bicyclic) bond motifs is 1. The molecule has 0 spiro atoms. The van der Waals surface area contributed by atoms with Crippen LogP contribution in [0, 0.1) is 0 Å². The molecule has 11 heteroatoms. The van der Waals surface area contributed by atoms with Crippen molar-refractivity contribution in [2.75, 3.05) is 6.61 Å². The van der Waals surface area contributed by atoms with E-state index in [-0.39, 0.29) is 17.4 Å². The number of aliphatic hydroxyl groups is 2. The Morgan fingerprint density at radius 2 is 2.35 bits per heavy atom. The van der Waals surface area contributed by atoms with Crippen LogP contribution >= 0.6 is 0 Å². The van der Waals surface area contributed by atoms with Gasteiger partial charge in [-0.1, -0.05) is 13.3 Å². The molecular weight excluding hydrogens is 344 g/mol. The summed E-state index contributed by atoms with van der Waals surface area (Å²) in [6, 6.07) is -1.59. The summed E-state index contributed by atoms with van der Waals surface area (Å²) in [6.07, 6.45) is 1.00. The van der Waals surface area contributed by atoms with Crippen LogP contribution in [0.4, 0.5) is 5.82 Å². The molecule has 26 heavy (non-hydrogen) atoms. The minimum atomic E-state index is -1.16. The van der Waals surface area contributed by atoms with E-state index < -0.39 is 43.0 Å². The highest BCUT2D eigenvalue weighted by Gasteiger charge is 2.47. The first-order valence-corrected chi connectivity index (χ1v) is 8.46. The van der Waals surface area contributed by atoms with Crippen LogP contribution in [0.3, 0.4) is 0 Å². The largest absolute Gasteiger partial charge is 0.394 e. The summed E-state index contributed by atoms with van der Waals surface area (Å²) in [5, 5.41) is 23.9. The molecule has 5 atom stereocenters. The summed E-state index contributed by atoms with van der Waals surface area (Å²) in [7, 11) is 0. The van der Waals surface area contributed by atoms with Gasteiger partial charge in [-0.2, -0.15) is 4.99 Å². The summed E-state index contributed by atoms with van der Waals surface area (Å²) < 4.78 is 7.16. The first kappa shape index (κ1) is 18.6. The summed E-state index contributed by atoms with van der Waals surface area (Å²) in [5.41, 5.74) is 5.99. The van der Waals surface area contributed by atoms with E-state index in [2.05, 4.69) is 15.3 Å². The highest BCUT2D eigenvalue weighted by atomic mass is 16.5. The number of amides is 2. The Kier molecular flexibility index (Phi) is 5.44. The van der Waals surface area contributed by atoms with Gasteiger partial charge in [0, 0.05) is 0 Å². The molecule has 142 valence electrons. The van der Waals surface area contributed by atoms with Gasteiger partial charge in [-0.3, -0.25) is 9.36 Å². The fraction of sp³-hybridized carbons (Fsp3) is 0.600. The Balaban J connectivity index is 1.88. The summed E-state index contributed by atoms with van der Waals surface area (Å²) in [4.78, 5) is 32.4. The normalized spacial score (nSPS) is 28.8. The van der Waals surface area contributed by atoms with Gasteiger partial charge in [-0.15, -0.1) is 0 Å². The second-order valence-corrected chi connectivity index (χ2v) is 6.30. The number of aliphatic hydroxyl groups excluding tert-OH is 2. The lowest BCUT2D eigenvalue weighted by atomic mass is 10.1. The minimum Gasteiger partial charge on any atom is -0.394 e. The van der Waals surface area contributed by atoms with Gasteiger partial charge in [0.05, 0.1) is 19.0 Å². The maximum absolute atomic E-state index is 12.3. The number of nitrogens with one attached hydrogen (secondary N) is 1. The Hall–Kier alpha value is -2.18. The van der Waals surface area contributed by atoms with Gasteiger partial charge < -0.3 is 26.0 Å². The molecule has 1 aromatic heterocycles. The second kappa shape index (κ2) is 7.60. The van der Waals surface area contributed by atoms with Crippen molar-refractivity contribution in [1.29, 1.82) is 0 Å². The van der Waals surface area contributed by atoms with Gasteiger partial charge in [-0.25, -0.2) is 15.1 Å². The molecular formula is C15H23N6O5+. The summed E-state index contributed by atoms with van der Waals surface area (Å²) in [5.74, 6) is -0.452. The van der Waals surface area contributed by atoms with Crippen LogP contribution in [0.15, 0.2) is 11.3 Å². The van der Waals surface area contributed by atoms with Crippen LogP contribution in [0.25, 0.3) is 0 Å². The van der Waals surface area contributed by atoms with Crippen LogP contribution in [-0.2, 0) is 9.53 Å². The lowest BCUT2D eigenvalue weighted by Gasteiger charge is -2.24. The van der Waals surface area contributed by atoms with Crippen molar-refractivity contribution in [3.05, 3.63) is 12.0 Å². The molecule has 0 aromatic carbocycles. The van der Waals surface area contributed by atoms with Crippen LogP contribution in [0.2, 0.25) is 0 Å². The zero-order valence-corrected chi connectivity index (χ0v) is 14.3. The van der Waals surface area contributed by atoms with Crippen LogP contribution in [-0.4, -0.2) is 68.8 Å². The van der Waals surface area contributed by atoms with E-state index >= 15 is 0 Å². The van der Waals surface area contributed by atoms with Gasteiger partial charge in [0.25, 0.3) is 0 Å². The lowest BCUT2D eigenvalue weighted by Crippen LogP contribution is -2.87. The molecule has 2 amide bonds. The first-order valence-electron chi connectivity index (χ1n) is 8.46. The van der Waals surface area contributed by atoms with Gasteiger partial charge >= 0.3 is 5.91 Å². The molecule has 3 heterocycles. The molecule has 7 N–H and O–H groups in total. The van der Waals surface area contributed by atoms with Crippen molar-refractivity contribution < 1.29 is 29.9 Å². The minimum absolute atomic E-state index is 0.158. The number of hydrogen-bond acceptors (Lipinski definition) is 8. The number of rotatable bonds is 6. The molecule has 0 saturated carbocycles. The number of nitrogens with two attached hydrogens (primary N) is 2. The molecule has 5 unspecified atom stereocenters. The maximum Gasteiger partial charge on any atom is 0.370 e. The van der Waals surface area contributed by atoms with Crippen LogP contribution in [0.1, 0.15) is 36.5 Å². The van der Waals surface area contributed by atoms with E-state index in [0.29, 0.717) is 6.42 Å². The molecule has 1 aromatic rings. The van der Waals surface area contributed by atoms with Crippen molar-refractivity contribution in [3.8, 4) is 0 Å². The number of quaternary nitrogens is 1. The number of hydrogen-bond donors (Lipinski definition) is 5. The quantitative estimate of drug-likeness (QED) is 0.360. The molecule has 2 aliphatic heterocycles. The Labute approximate surface area is 149 Å². The fourth-order valence-electron chi connectivity index (χ4n) is 3.10. The van der Waals surface area contributed by atoms with E-state index in [9.17, 15) is 19.8 Å². The first-order chi connectivity index (χ1) is 12.5. The summed E-state index contributed by atoms with van der Waals surface area (Å²) >= 11 is 0. The zero-order valence-electron chi connectivity index (χ0n) is 14.3. The number of carbonyl (C=O) groups is 2. The van der Waals surface area contributed by atoms with Crippen molar-refractivity contribution in [2.45, 2.75) is 50.3 Å². The lowest BCUT2D eigenvalue weighted by molar-refractivity contribution is -0.421. The molecule has 2 aliphatic rings. The monoisotopic (exact) mass is 367 g/mol. The molecule has 3 rings (SSSR count). The second-order valence-electron chi connectivity index (χ2n) is 6.30. The van der Waals surface area contributed by atoms with Crippen LogP contribution in [0.5, 0.6) is 0 Å². The highest BCUT2D eigenvalue weighted by Crippen LogP contribution is 2.34. The van der Waals surface area contributed by atoms with Crippen molar-refractivity contribution >= 4 is 24.0 Å². The molecule has 1 saturated heterocycles. The van der Waals surface area contributed by atoms with Gasteiger partial charge in [0.1, 0.15) is 18.2 Å². The number of primary amides is 1. The average Bonchev–Trinajstić information content (AvgIpc) is 3.18. The topological polar surface area (TPSA) is 169 Å². The maximum atomic E-state index is 12.3. The van der Waals surface area contributed by atoms with E-state index in [1.165, 1.54) is 22.5 Å². The standard InChI is InChI=1S/C15H22N6O5/c1-2-3-7(16)13(24)20-9-11(23)8(4-22)26-15(9)21-6-19-10-12(21)17-5-18-14(10)25/h5-9,11,15,22-23H,2-4,16H2,1H3,(H,20,24)(H,17,18,25)/p+1. The number of carbonyl (C=O) groups excluding carboxylic acids is 2. The number of ether oxygens (including phenoxy) is 1. The third-order valence-electron chi connectivity index (χ3n) is 4.49. The molecule has 0 bridgehead atoms. The van der Waals surface area contributed by atoms with Crippen molar-refractivity contribution in [3.63, 3.8) is 0 Å². The fourth-order valence-corrected chi connectivity index (χ4v) is 3.10. The Morgan fingerprint density at radius 3 is 3.04 bits per heavy atom. The number of aromatic nitrogens is 2. The van der Waals surface area contributed by atoms with E-state index in [0.717, 1.165) is 6.42 Å². The SMILES string of the molecule is CCCC(N)C(=O)NC1C(O)C(CO)OC1n1cnc2c1N=C[NH2+]C2=O.